The zero-order valence-corrected chi connectivity index (χ0v) is 13.6. The molecule has 3 aromatic rings. The average Bonchev–Trinajstić information content (AvgIpc) is 2.84. The Morgan fingerprint density at radius 1 is 1.00 bits per heavy atom. The SMILES string of the molecule is Cc1cc(C)c(CNCc2nc3ccccc3s2)c(C)c1. The van der Waals surface area contributed by atoms with Gasteiger partial charge in [0.15, 0.2) is 0 Å². The third kappa shape index (κ3) is 3.14. The molecule has 0 radical (unpaired) electrons. The second kappa shape index (κ2) is 5.96. The summed E-state index contributed by atoms with van der Waals surface area (Å²) in [6, 6.07) is 12.8. The molecule has 0 saturated carbocycles. The summed E-state index contributed by atoms with van der Waals surface area (Å²) in [5.41, 5.74) is 6.57. The van der Waals surface area contributed by atoms with E-state index in [4.69, 9.17) is 0 Å². The molecule has 1 heterocycles. The maximum absolute atomic E-state index is 4.66. The van der Waals surface area contributed by atoms with Gasteiger partial charge in [-0.3, -0.25) is 0 Å². The second-order valence-corrected chi connectivity index (χ2v) is 6.67. The summed E-state index contributed by atoms with van der Waals surface area (Å²) in [7, 11) is 0. The van der Waals surface area contributed by atoms with E-state index in [-0.39, 0.29) is 0 Å². The first-order chi connectivity index (χ1) is 10.1. The summed E-state index contributed by atoms with van der Waals surface area (Å²) < 4.78 is 1.26. The maximum Gasteiger partial charge on any atom is 0.108 e. The van der Waals surface area contributed by atoms with Crippen molar-refractivity contribution in [2.75, 3.05) is 0 Å². The minimum Gasteiger partial charge on any atom is -0.306 e. The molecule has 0 spiro atoms. The van der Waals surface area contributed by atoms with Crippen LogP contribution in [0.25, 0.3) is 10.2 Å². The number of hydrogen-bond acceptors (Lipinski definition) is 3. The van der Waals surface area contributed by atoms with E-state index < -0.39 is 0 Å². The zero-order valence-electron chi connectivity index (χ0n) is 12.7. The van der Waals surface area contributed by atoms with Crippen LogP contribution in [0.4, 0.5) is 0 Å². The minimum atomic E-state index is 0.825. The van der Waals surface area contributed by atoms with Crippen LogP contribution in [0.2, 0.25) is 0 Å². The van der Waals surface area contributed by atoms with E-state index in [0.29, 0.717) is 0 Å². The highest BCUT2D eigenvalue weighted by atomic mass is 32.1. The van der Waals surface area contributed by atoms with E-state index in [9.17, 15) is 0 Å². The van der Waals surface area contributed by atoms with Crippen LogP contribution in [0.3, 0.4) is 0 Å². The number of hydrogen-bond donors (Lipinski definition) is 1. The van der Waals surface area contributed by atoms with Gasteiger partial charge in [-0.2, -0.15) is 0 Å². The Balaban J connectivity index is 1.69. The Labute approximate surface area is 129 Å². The van der Waals surface area contributed by atoms with Crippen LogP contribution in [0, 0.1) is 20.8 Å². The number of fused-ring (bicyclic) bond motifs is 1. The van der Waals surface area contributed by atoms with Gasteiger partial charge in [0.2, 0.25) is 0 Å². The predicted octanol–water partition coefficient (Wildman–Crippen LogP) is 4.51. The number of aromatic nitrogens is 1. The van der Waals surface area contributed by atoms with Crippen molar-refractivity contribution in [2.45, 2.75) is 33.9 Å². The molecule has 2 aromatic carbocycles. The van der Waals surface area contributed by atoms with Gasteiger partial charge in [-0.25, -0.2) is 4.98 Å². The van der Waals surface area contributed by atoms with Crippen LogP contribution in [-0.4, -0.2) is 4.98 Å². The number of aryl methyl sites for hydroxylation is 3. The average molecular weight is 296 g/mol. The number of nitrogens with zero attached hydrogens (tertiary/aromatic N) is 1. The summed E-state index contributed by atoms with van der Waals surface area (Å²) in [6.45, 7) is 8.25. The molecule has 108 valence electrons. The van der Waals surface area contributed by atoms with Crippen LogP contribution in [0.5, 0.6) is 0 Å². The van der Waals surface area contributed by atoms with Gasteiger partial charge in [0, 0.05) is 13.1 Å². The Morgan fingerprint density at radius 2 is 1.71 bits per heavy atom. The molecule has 0 atom stereocenters. The van der Waals surface area contributed by atoms with Crippen LogP contribution >= 0.6 is 11.3 Å². The van der Waals surface area contributed by atoms with Crippen molar-refractivity contribution in [3.63, 3.8) is 0 Å². The molecular formula is C18H20N2S. The van der Waals surface area contributed by atoms with E-state index in [2.05, 4.69) is 61.4 Å². The lowest BCUT2D eigenvalue weighted by atomic mass is 10.00. The molecule has 0 unspecified atom stereocenters. The molecule has 21 heavy (non-hydrogen) atoms. The van der Waals surface area contributed by atoms with Gasteiger partial charge in [-0.15, -0.1) is 11.3 Å². The minimum absolute atomic E-state index is 0.825. The van der Waals surface area contributed by atoms with Crippen molar-refractivity contribution in [2.24, 2.45) is 0 Å². The van der Waals surface area contributed by atoms with Crippen LogP contribution in [0.1, 0.15) is 27.3 Å². The van der Waals surface area contributed by atoms with Gasteiger partial charge >= 0.3 is 0 Å². The Morgan fingerprint density at radius 3 is 2.43 bits per heavy atom. The van der Waals surface area contributed by atoms with Gasteiger partial charge in [-0.1, -0.05) is 29.8 Å². The monoisotopic (exact) mass is 296 g/mol. The third-order valence-electron chi connectivity index (χ3n) is 3.76. The predicted molar refractivity (Wildman–Crippen MR) is 90.8 cm³/mol. The Kier molecular flexibility index (Phi) is 4.04. The Hall–Kier alpha value is -1.71. The van der Waals surface area contributed by atoms with E-state index in [1.54, 1.807) is 11.3 Å². The fourth-order valence-corrected chi connectivity index (χ4v) is 3.72. The molecule has 1 N–H and O–H groups in total. The molecule has 0 bridgehead atoms. The number of rotatable bonds is 4. The molecule has 3 heteroatoms. The van der Waals surface area contributed by atoms with Crippen molar-refractivity contribution < 1.29 is 0 Å². The van der Waals surface area contributed by atoms with Crippen LogP contribution < -0.4 is 5.32 Å². The van der Waals surface area contributed by atoms with Crippen LogP contribution in [-0.2, 0) is 13.1 Å². The molecule has 3 rings (SSSR count). The lowest BCUT2D eigenvalue weighted by molar-refractivity contribution is 0.685. The highest BCUT2D eigenvalue weighted by molar-refractivity contribution is 7.18. The van der Waals surface area contributed by atoms with E-state index in [0.717, 1.165) is 23.6 Å². The quantitative estimate of drug-likeness (QED) is 0.766. The summed E-state index contributed by atoms with van der Waals surface area (Å²) in [5, 5.41) is 4.68. The number of nitrogens with one attached hydrogen (secondary N) is 1. The normalized spacial score (nSPS) is 11.2. The fourth-order valence-electron chi connectivity index (χ4n) is 2.78. The van der Waals surface area contributed by atoms with E-state index in [1.807, 2.05) is 6.07 Å². The molecule has 0 aliphatic rings. The van der Waals surface area contributed by atoms with Crippen molar-refractivity contribution >= 4 is 21.6 Å². The van der Waals surface area contributed by atoms with Crippen LogP contribution in [0.15, 0.2) is 36.4 Å². The molecule has 0 saturated heterocycles. The maximum atomic E-state index is 4.66. The first kappa shape index (κ1) is 14.2. The first-order valence-corrected chi connectivity index (χ1v) is 8.07. The highest BCUT2D eigenvalue weighted by Crippen LogP contribution is 2.21. The lowest BCUT2D eigenvalue weighted by Gasteiger charge is -2.11. The molecule has 0 aliphatic heterocycles. The molecule has 0 aliphatic carbocycles. The molecule has 2 nitrogen and oxygen atoms in total. The Bertz CT molecular complexity index is 718. The third-order valence-corrected chi connectivity index (χ3v) is 4.79. The topological polar surface area (TPSA) is 24.9 Å². The largest absolute Gasteiger partial charge is 0.306 e. The standard InChI is InChI=1S/C18H20N2S/c1-12-8-13(2)15(14(3)9-12)10-19-11-18-20-16-6-4-5-7-17(16)21-18/h4-9,19H,10-11H2,1-3H3. The zero-order chi connectivity index (χ0) is 14.8. The highest BCUT2D eigenvalue weighted by Gasteiger charge is 2.05. The molecule has 1 aromatic heterocycles. The van der Waals surface area contributed by atoms with Gasteiger partial charge in [0.25, 0.3) is 0 Å². The van der Waals surface area contributed by atoms with E-state index in [1.165, 1.54) is 27.0 Å². The number of benzene rings is 2. The van der Waals surface area contributed by atoms with Gasteiger partial charge in [-0.05, 0) is 49.6 Å². The second-order valence-electron chi connectivity index (χ2n) is 5.56. The summed E-state index contributed by atoms with van der Waals surface area (Å²) in [4.78, 5) is 4.66. The molecule has 0 fully saturated rings. The molecular weight excluding hydrogens is 276 g/mol. The summed E-state index contributed by atoms with van der Waals surface area (Å²) in [6.07, 6.45) is 0. The van der Waals surface area contributed by atoms with Gasteiger partial charge < -0.3 is 5.32 Å². The summed E-state index contributed by atoms with van der Waals surface area (Å²) in [5.74, 6) is 0. The van der Waals surface area contributed by atoms with E-state index >= 15 is 0 Å². The number of thiazole rings is 1. The lowest BCUT2D eigenvalue weighted by Crippen LogP contribution is -2.14. The fraction of sp³-hybridized carbons (Fsp3) is 0.278. The van der Waals surface area contributed by atoms with Gasteiger partial charge in [0.05, 0.1) is 10.2 Å². The smallest absolute Gasteiger partial charge is 0.108 e. The first-order valence-electron chi connectivity index (χ1n) is 7.25. The molecule has 0 amide bonds. The van der Waals surface area contributed by atoms with Crippen molar-refractivity contribution in [1.29, 1.82) is 0 Å². The van der Waals surface area contributed by atoms with Crippen molar-refractivity contribution in [1.82, 2.24) is 10.3 Å². The van der Waals surface area contributed by atoms with Crippen molar-refractivity contribution in [3.8, 4) is 0 Å². The summed E-state index contributed by atoms with van der Waals surface area (Å²) >= 11 is 1.77. The number of para-hydroxylation sites is 1. The van der Waals surface area contributed by atoms with Gasteiger partial charge in [0.1, 0.15) is 5.01 Å². The van der Waals surface area contributed by atoms with Crippen molar-refractivity contribution in [3.05, 3.63) is 63.7 Å².